The van der Waals surface area contributed by atoms with Gasteiger partial charge in [-0.2, -0.15) is 9.57 Å². The number of carbonyl (C=O) groups excluding carboxylic acids is 1. The zero-order chi connectivity index (χ0) is 19.3. The van der Waals surface area contributed by atoms with Crippen LogP contribution in [0.1, 0.15) is 23.2 Å². The highest BCUT2D eigenvalue weighted by Crippen LogP contribution is 2.21. The van der Waals surface area contributed by atoms with Crippen molar-refractivity contribution >= 4 is 15.9 Å². The van der Waals surface area contributed by atoms with E-state index in [2.05, 4.69) is 6.07 Å². The number of sulfonamides is 1. The SMILES string of the molecule is CN(C[C@@H](O)CO)S(=O)(=O)c1cccc(C(=O)N2CCC(C#N)CC2)c1. The molecule has 0 saturated carbocycles. The number of likely N-dealkylation sites (N-methyl/N-ethyl adjacent to an activating group) is 1. The van der Waals surface area contributed by atoms with Crippen LogP contribution in [0.15, 0.2) is 29.2 Å². The molecule has 1 atom stereocenters. The van der Waals surface area contributed by atoms with Crippen LogP contribution in [0.5, 0.6) is 0 Å². The van der Waals surface area contributed by atoms with E-state index in [1.165, 1.54) is 25.2 Å². The van der Waals surface area contributed by atoms with Gasteiger partial charge in [-0.05, 0) is 31.0 Å². The van der Waals surface area contributed by atoms with Gasteiger partial charge in [0.1, 0.15) is 0 Å². The number of hydrogen-bond donors (Lipinski definition) is 2. The van der Waals surface area contributed by atoms with Crippen LogP contribution in [0.25, 0.3) is 0 Å². The van der Waals surface area contributed by atoms with Gasteiger partial charge in [0.15, 0.2) is 0 Å². The van der Waals surface area contributed by atoms with Gasteiger partial charge >= 0.3 is 0 Å². The standard InChI is InChI=1S/C17H23N3O5S/c1-19(11-15(22)12-21)26(24,25)16-4-2-3-14(9-16)17(23)20-7-5-13(10-18)6-8-20/h2-4,9,13,15,21-22H,5-8,11-12H2,1H3/t15-/m1/s1. The van der Waals surface area contributed by atoms with Crippen molar-refractivity contribution in [1.29, 1.82) is 5.26 Å². The zero-order valence-electron chi connectivity index (χ0n) is 14.6. The normalized spacial score (nSPS) is 17.1. The molecule has 1 aliphatic heterocycles. The molecule has 2 rings (SSSR count). The molecule has 0 bridgehead atoms. The zero-order valence-corrected chi connectivity index (χ0v) is 15.4. The molecule has 1 aliphatic rings. The number of amides is 1. The number of likely N-dealkylation sites (tertiary alicyclic amines) is 1. The lowest BCUT2D eigenvalue weighted by atomic mass is 9.98. The Kier molecular flexibility index (Phi) is 6.72. The number of nitrogens with zero attached hydrogens (tertiary/aromatic N) is 3. The van der Waals surface area contributed by atoms with Crippen molar-refractivity contribution in [2.24, 2.45) is 5.92 Å². The van der Waals surface area contributed by atoms with E-state index in [9.17, 15) is 18.3 Å². The Bertz CT molecular complexity index is 782. The fraction of sp³-hybridized carbons (Fsp3) is 0.529. The number of benzene rings is 1. The van der Waals surface area contributed by atoms with Gasteiger partial charge in [-0.1, -0.05) is 6.07 Å². The molecule has 8 nitrogen and oxygen atoms in total. The fourth-order valence-corrected chi connectivity index (χ4v) is 4.07. The van der Waals surface area contributed by atoms with Crippen LogP contribution >= 0.6 is 0 Å². The minimum absolute atomic E-state index is 0.0441. The fourth-order valence-electron chi connectivity index (χ4n) is 2.82. The van der Waals surface area contributed by atoms with Gasteiger partial charge in [0.05, 0.1) is 23.7 Å². The summed E-state index contributed by atoms with van der Waals surface area (Å²) in [4.78, 5) is 14.2. The molecule has 1 fully saturated rings. The van der Waals surface area contributed by atoms with E-state index < -0.39 is 22.7 Å². The number of carbonyl (C=O) groups is 1. The van der Waals surface area contributed by atoms with Crippen LogP contribution in [0.3, 0.4) is 0 Å². The summed E-state index contributed by atoms with van der Waals surface area (Å²) in [6.07, 6.45) is 0.0466. The molecular formula is C17H23N3O5S. The summed E-state index contributed by atoms with van der Waals surface area (Å²) in [7, 11) is -2.59. The van der Waals surface area contributed by atoms with Crippen molar-refractivity contribution < 1.29 is 23.4 Å². The first-order chi connectivity index (χ1) is 12.3. The summed E-state index contributed by atoms with van der Waals surface area (Å²) in [5.41, 5.74) is 0.262. The number of nitriles is 1. The molecule has 0 aliphatic carbocycles. The molecule has 0 unspecified atom stereocenters. The van der Waals surface area contributed by atoms with Crippen molar-refractivity contribution in [2.75, 3.05) is 33.3 Å². The maximum absolute atomic E-state index is 12.6. The molecular weight excluding hydrogens is 358 g/mol. The Hall–Kier alpha value is -1.99. The lowest BCUT2D eigenvalue weighted by Gasteiger charge is -2.29. The predicted octanol–water partition coefficient (Wildman–Crippen LogP) is 0.0361. The smallest absolute Gasteiger partial charge is 0.253 e. The highest BCUT2D eigenvalue weighted by molar-refractivity contribution is 7.89. The molecule has 1 amide bonds. The first-order valence-electron chi connectivity index (χ1n) is 8.33. The van der Waals surface area contributed by atoms with Gasteiger partial charge in [0.25, 0.3) is 5.91 Å². The average Bonchev–Trinajstić information content (AvgIpc) is 2.67. The minimum Gasteiger partial charge on any atom is -0.394 e. The lowest BCUT2D eigenvalue weighted by molar-refractivity contribution is 0.0707. The van der Waals surface area contributed by atoms with Crippen molar-refractivity contribution in [3.8, 4) is 6.07 Å². The van der Waals surface area contributed by atoms with Crippen molar-refractivity contribution in [3.63, 3.8) is 0 Å². The number of aliphatic hydroxyl groups excluding tert-OH is 2. The van der Waals surface area contributed by atoms with Crippen LogP contribution < -0.4 is 0 Å². The van der Waals surface area contributed by atoms with Crippen molar-refractivity contribution in [3.05, 3.63) is 29.8 Å². The second kappa shape index (κ2) is 8.60. The van der Waals surface area contributed by atoms with E-state index in [1.54, 1.807) is 11.0 Å². The molecule has 0 spiro atoms. The Labute approximate surface area is 153 Å². The third-order valence-electron chi connectivity index (χ3n) is 4.43. The van der Waals surface area contributed by atoms with E-state index in [4.69, 9.17) is 10.4 Å². The van der Waals surface area contributed by atoms with Gasteiger partial charge in [-0.3, -0.25) is 4.79 Å². The predicted molar refractivity (Wildman–Crippen MR) is 93.6 cm³/mol. The molecule has 0 radical (unpaired) electrons. The molecule has 9 heteroatoms. The average molecular weight is 381 g/mol. The molecule has 1 heterocycles. The largest absolute Gasteiger partial charge is 0.394 e. The Balaban J connectivity index is 2.17. The second-order valence-corrected chi connectivity index (χ2v) is 8.39. The third-order valence-corrected chi connectivity index (χ3v) is 6.25. The third kappa shape index (κ3) is 4.59. The molecule has 1 aromatic rings. The Morgan fingerprint density at radius 3 is 2.65 bits per heavy atom. The molecule has 26 heavy (non-hydrogen) atoms. The molecule has 1 saturated heterocycles. The summed E-state index contributed by atoms with van der Waals surface area (Å²) in [5.74, 6) is -0.311. The van der Waals surface area contributed by atoms with Crippen LogP contribution in [0.2, 0.25) is 0 Å². The van der Waals surface area contributed by atoms with Crippen LogP contribution in [0.4, 0.5) is 0 Å². The Morgan fingerprint density at radius 1 is 1.42 bits per heavy atom. The van der Waals surface area contributed by atoms with Gasteiger partial charge in [0.2, 0.25) is 10.0 Å². The van der Waals surface area contributed by atoms with Gasteiger partial charge < -0.3 is 15.1 Å². The van der Waals surface area contributed by atoms with Crippen LogP contribution in [-0.4, -0.2) is 73.1 Å². The topological polar surface area (TPSA) is 122 Å². The summed E-state index contributed by atoms with van der Waals surface area (Å²) < 4.78 is 26.1. The van der Waals surface area contributed by atoms with E-state index in [-0.39, 0.29) is 28.8 Å². The maximum atomic E-state index is 12.6. The molecule has 0 aromatic heterocycles. The lowest BCUT2D eigenvalue weighted by Crippen LogP contribution is -2.38. The molecule has 142 valence electrons. The first-order valence-corrected chi connectivity index (χ1v) is 9.77. The number of aliphatic hydroxyl groups is 2. The monoisotopic (exact) mass is 381 g/mol. The van der Waals surface area contributed by atoms with E-state index in [1.807, 2.05) is 0 Å². The summed E-state index contributed by atoms with van der Waals surface area (Å²) in [6, 6.07) is 7.96. The number of piperidine rings is 1. The van der Waals surface area contributed by atoms with Gasteiger partial charge in [-0.15, -0.1) is 0 Å². The highest BCUT2D eigenvalue weighted by Gasteiger charge is 2.26. The van der Waals surface area contributed by atoms with Crippen molar-refractivity contribution in [2.45, 2.75) is 23.8 Å². The Morgan fingerprint density at radius 2 is 2.08 bits per heavy atom. The quantitative estimate of drug-likeness (QED) is 0.717. The van der Waals surface area contributed by atoms with Gasteiger partial charge in [0, 0.05) is 38.2 Å². The summed E-state index contributed by atoms with van der Waals surface area (Å²) in [5, 5.41) is 27.3. The second-order valence-electron chi connectivity index (χ2n) is 6.35. The van der Waals surface area contributed by atoms with Gasteiger partial charge in [-0.25, -0.2) is 8.42 Å². The summed E-state index contributed by atoms with van der Waals surface area (Å²) >= 11 is 0. The number of hydrogen-bond acceptors (Lipinski definition) is 6. The maximum Gasteiger partial charge on any atom is 0.253 e. The number of rotatable bonds is 6. The van der Waals surface area contributed by atoms with Crippen molar-refractivity contribution in [1.82, 2.24) is 9.21 Å². The van der Waals surface area contributed by atoms with Crippen LogP contribution in [-0.2, 0) is 10.0 Å². The first kappa shape index (κ1) is 20.3. The minimum atomic E-state index is -3.90. The molecule has 2 N–H and O–H groups in total. The summed E-state index contributed by atoms with van der Waals surface area (Å²) in [6.45, 7) is 0.142. The van der Waals surface area contributed by atoms with E-state index in [0.29, 0.717) is 25.9 Å². The highest BCUT2D eigenvalue weighted by atomic mass is 32.2. The van der Waals surface area contributed by atoms with E-state index >= 15 is 0 Å². The molecule has 1 aromatic carbocycles. The van der Waals surface area contributed by atoms with Crippen LogP contribution in [0, 0.1) is 17.2 Å². The van der Waals surface area contributed by atoms with E-state index in [0.717, 1.165) is 4.31 Å².